The van der Waals surface area contributed by atoms with Crippen LogP contribution in [-0.4, -0.2) is 55.1 Å². The second-order valence-corrected chi connectivity index (χ2v) is 13.1. The molecule has 4 aromatic rings. The Balaban J connectivity index is 1.26. The number of rotatable bonds is 8. The van der Waals surface area contributed by atoms with E-state index in [1.54, 1.807) is 37.3 Å². The number of carbonyl (C=O) groups excluding carboxylic acids is 1. The Labute approximate surface area is 241 Å². The maximum Gasteiger partial charge on any atom is 0.333 e. The Morgan fingerprint density at radius 1 is 1.02 bits per heavy atom. The van der Waals surface area contributed by atoms with Crippen molar-refractivity contribution in [1.29, 1.82) is 0 Å². The van der Waals surface area contributed by atoms with Gasteiger partial charge in [-0.2, -0.15) is 0 Å². The van der Waals surface area contributed by atoms with Crippen molar-refractivity contribution in [3.05, 3.63) is 75.1 Å². The summed E-state index contributed by atoms with van der Waals surface area (Å²) in [7, 11) is -4.04. The summed E-state index contributed by atoms with van der Waals surface area (Å²) in [6.07, 6.45) is 3.83. The number of fused-ring (bicyclic) bond motifs is 1. The van der Waals surface area contributed by atoms with Crippen LogP contribution in [0.5, 0.6) is 0 Å². The van der Waals surface area contributed by atoms with Crippen LogP contribution in [0.25, 0.3) is 16.6 Å². The molecule has 3 N–H and O–H groups in total. The Bertz CT molecular complexity index is 1700. The highest BCUT2D eigenvalue weighted by Gasteiger charge is 2.20. The smallest absolute Gasteiger partial charge is 0.333 e. The third-order valence-electron chi connectivity index (χ3n) is 6.67. The van der Waals surface area contributed by atoms with Crippen LogP contribution in [-0.2, 0) is 10.0 Å². The third kappa shape index (κ3) is 6.47. The van der Waals surface area contributed by atoms with Gasteiger partial charge in [0.15, 0.2) is 0 Å². The van der Waals surface area contributed by atoms with E-state index >= 15 is 0 Å². The Morgan fingerprint density at radius 2 is 1.75 bits per heavy atom. The van der Waals surface area contributed by atoms with Gasteiger partial charge >= 0.3 is 6.03 Å². The van der Waals surface area contributed by atoms with Crippen molar-refractivity contribution < 1.29 is 13.2 Å². The molecule has 1 fully saturated rings. The molecule has 210 valence electrons. The zero-order valence-electron chi connectivity index (χ0n) is 21.8. The molecule has 13 heteroatoms. The van der Waals surface area contributed by atoms with Crippen molar-refractivity contribution in [1.82, 2.24) is 19.2 Å². The second kappa shape index (κ2) is 12.0. The molecule has 0 bridgehead atoms. The molecule has 0 aliphatic carbocycles. The third-order valence-corrected chi connectivity index (χ3v) is 9.72. The highest BCUT2D eigenvalue weighted by molar-refractivity contribution is 7.92. The summed E-state index contributed by atoms with van der Waals surface area (Å²) < 4.78 is 28.4. The topological polar surface area (TPSA) is 125 Å². The van der Waals surface area contributed by atoms with Gasteiger partial charge in [0.25, 0.3) is 15.6 Å². The highest BCUT2D eigenvalue weighted by atomic mass is 35.5. The first-order chi connectivity index (χ1) is 19.2. The number of halogens is 1. The fourth-order valence-corrected chi connectivity index (χ4v) is 7.11. The van der Waals surface area contributed by atoms with Gasteiger partial charge in [-0.25, -0.2) is 22.9 Å². The van der Waals surface area contributed by atoms with Crippen molar-refractivity contribution in [3.8, 4) is 5.69 Å². The van der Waals surface area contributed by atoms with Gasteiger partial charge in [0.1, 0.15) is 10.0 Å². The van der Waals surface area contributed by atoms with E-state index < -0.39 is 16.1 Å². The van der Waals surface area contributed by atoms with E-state index in [1.807, 2.05) is 16.9 Å². The van der Waals surface area contributed by atoms with Crippen LogP contribution < -0.4 is 20.9 Å². The van der Waals surface area contributed by atoms with Gasteiger partial charge < -0.3 is 15.5 Å². The minimum atomic E-state index is -4.04. The monoisotopic (exact) mass is 600 g/mol. The molecule has 1 saturated heterocycles. The number of amides is 2. The molecule has 2 aromatic carbocycles. The lowest BCUT2D eigenvalue weighted by molar-refractivity contribution is 0.237. The van der Waals surface area contributed by atoms with E-state index in [0.29, 0.717) is 32.4 Å². The summed E-state index contributed by atoms with van der Waals surface area (Å²) in [6, 6.07) is 13.9. The number of anilines is 2. The van der Waals surface area contributed by atoms with Gasteiger partial charge in [-0.3, -0.25) is 9.36 Å². The van der Waals surface area contributed by atoms with Crippen LogP contribution in [0.3, 0.4) is 0 Å². The number of aryl methyl sites for hydroxylation is 1. The Kier molecular flexibility index (Phi) is 8.40. The second-order valence-electron chi connectivity index (χ2n) is 9.53. The minimum absolute atomic E-state index is 0.0676. The number of thiophene rings is 1. The summed E-state index contributed by atoms with van der Waals surface area (Å²) >= 11 is 6.64. The van der Waals surface area contributed by atoms with E-state index in [4.69, 9.17) is 11.6 Å². The van der Waals surface area contributed by atoms with E-state index in [1.165, 1.54) is 36.0 Å². The van der Waals surface area contributed by atoms with E-state index in [0.717, 1.165) is 43.2 Å². The first kappa shape index (κ1) is 28.1. The van der Waals surface area contributed by atoms with Gasteiger partial charge in [-0.1, -0.05) is 18.0 Å². The summed E-state index contributed by atoms with van der Waals surface area (Å²) in [5.41, 5.74) is 2.24. The lowest BCUT2D eigenvalue weighted by Crippen LogP contribution is -2.33. The van der Waals surface area contributed by atoms with Crippen molar-refractivity contribution in [3.63, 3.8) is 0 Å². The molecule has 2 amide bonds. The summed E-state index contributed by atoms with van der Waals surface area (Å²) in [5.74, 6) is 0.516. The van der Waals surface area contributed by atoms with Crippen LogP contribution in [0.4, 0.5) is 16.2 Å². The first-order valence-electron chi connectivity index (χ1n) is 12.9. The van der Waals surface area contributed by atoms with Gasteiger partial charge in [0.2, 0.25) is 0 Å². The number of likely N-dealkylation sites (tertiary alicyclic amines) is 1. The number of hydrogen-bond donors (Lipinski definition) is 3. The van der Waals surface area contributed by atoms with Crippen LogP contribution in [0.2, 0.25) is 4.34 Å². The Hall–Kier alpha value is -3.45. The van der Waals surface area contributed by atoms with Gasteiger partial charge in [-0.05, 0) is 87.5 Å². The van der Waals surface area contributed by atoms with E-state index in [2.05, 4.69) is 20.5 Å². The molecular formula is C27H29ClN6O4S2. The van der Waals surface area contributed by atoms with Crippen molar-refractivity contribution in [2.45, 2.75) is 30.4 Å². The molecule has 0 saturated carbocycles. The fourth-order valence-electron chi connectivity index (χ4n) is 4.72. The van der Waals surface area contributed by atoms with Crippen molar-refractivity contribution in [2.75, 3.05) is 36.8 Å². The summed E-state index contributed by atoms with van der Waals surface area (Å²) in [6.45, 7) is 5.87. The van der Waals surface area contributed by atoms with Crippen molar-refractivity contribution >= 4 is 61.3 Å². The zero-order chi connectivity index (χ0) is 28.3. The van der Waals surface area contributed by atoms with E-state index in [-0.39, 0.29) is 9.77 Å². The van der Waals surface area contributed by atoms with Gasteiger partial charge in [0, 0.05) is 24.5 Å². The lowest BCUT2D eigenvalue weighted by atomic mass is 10.1. The van der Waals surface area contributed by atoms with Crippen LogP contribution >= 0.6 is 22.9 Å². The molecule has 0 atom stereocenters. The zero-order valence-corrected chi connectivity index (χ0v) is 24.2. The predicted octanol–water partition coefficient (Wildman–Crippen LogP) is 4.82. The lowest BCUT2D eigenvalue weighted by Gasteiger charge is -2.26. The molecule has 0 spiro atoms. The molecule has 0 radical (unpaired) electrons. The molecule has 5 rings (SSSR count). The SMILES string of the molecule is Cc1nc2cc(NCCN3CCCCC3)ccc2c(=O)n1-c1ccc(NC(=O)NS(=O)(=O)c2ccc(Cl)s2)cc1. The van der Waals surface area contributed by atoms with Gasteiger partial charge in [-0.15, -0.1) is 11.3 Å². The number of nitrogens with zero attached hydrogens (tertiary/aromatic N) is 3. The van der Waals surface area contributed by atoms with Crippen LogP contribution in [0.1, 0.15) is 25.1 Å². The number of urea groups is 1. The number of sulfonamides is 1. The molecular weight excluding hydrogens is 572 g/mol. The maximum absolute atomic E-state index is 13.4. The highest BCUT2D eigenvalue weighted by Crippen LogP contribution is 2.25. The molecule has 2 aromatic heterocycles. The summed E-state index contributed by atoms with van der Waals surface area (Å²) in [5, 5.41) is 6.42. The minimum Gasteiger partial charge on any atom is -0.384 e. The average molecular weight is 601 g/mol. The normalized spacial score (nSPS) is 14.2. The number of hydrogen-bond acceptors (Lipinski definition) is 8. The fraction of sp³-hybridized carbons (Fsp3) is 0.296. The number of nitrogens with one attached hydrogen (secondary N) is 3. The van der Waals surface area contributed by atoms with Gasteiger partial charge in [0.05, 0.1) is 20.9 Å². The van der Waals surface area contributed by atoms with Crippen LogP contribution in [0.15, 0.2) is 63.6 Å². The maximum atomic E-state index is 13.4. The number of carbonyl (C=O) groups is 1. The quantitative estimate of drug-likeness (QED) is 0.265. The van der Waals surface area contributed by atoms with Crippen molar-refractivity contribution in [2.24, 2.45) is 0 Å². The first-order valence-corrected chi connectivity index (χ1v) is 15.6. The van der Waals surface area contributed by atoms with Crippen LogP contribution in [0, 0.1) is 6.92 Å². The summed E-state index contributed by atoms with van der Waals surface area (Å²) in [4.78, 5) is 32.8. The number of piperidine rings is 1. The molecule has 40 heavy (non-hydrogen) atoms. The largest absolute Gasteiger partial charge is 0.384 e. The standard InChI is InChI=1S/C27H29ClN6O4S2/c1-18-30-23-17-20(29-13-16-33-14-3-2-4-15-33)7-10-22(23)26(35)34(18)21-8-5-19(6-9-21)31-27(36)32-40(37,38)25-12-11-24(28)39-25/h5-12,17,29H,2-4,13-16H2,1H3,(H2,31,32,36). The van der Waals surface area contributed by atoms with E-state index in [9.17, 15) is 18.0 Å². The molecule has 10 nitrogen and oxygen atoms in total. The molecule has 1 aliphatic heterocycles. The number of aromatic nitrogens is 2. The number of benzene rings is 2. The predicted molar refractivity (Wildman–Crippen MR) is 160 cm³/mol. The molecule has 3 heterocycles. The Morgan fingerprint density at radius 3 is 2.45 bits per heavy atom. The average Bonchev–Trinajstić information content (AvgIpc) is 3.37. The molecule has 0 unspecified atom stereocenters. The molecule has 1 aliphatic rings.